The van der Waals surface area contributed by atoms with E-state index in [1.54, 1.807) is 12.1 Å². The van der Waals surface area contributed by atoms with Crippen molar-refractivity contribution in [2.75, 3.05) is 18.4 Å². The van der Waals surface area contributed by atoms with Crippen molar-refractivity contribution in [2.24, 2.45) is 0 Å². The minimum Gasteiger partial charge on any atom is -0.495 e. The fourth-order valence-electron chi connectivity index (χ4n) is 2.55. The van der Waals surface area contributed by atoms with E-state index in [-0.39, 0.29) is 22.2 Å². The number of rotatable bonds is 4. The summed E-state index contributed by atoms with van der Waals surface area (Å²) in [7, 11) is -2.77. The second kappa shape index (κ2) is 6.12. The van der Waals surface area contributed by atoms with Gasteiger partial charge in [-0.2, -0.15) is 0 Å². The summed E-state index contributed by atoms with van der Waals surface area (Å²) in [5.41, 5.74) is 1.50. The Hall–Kier alpha value is -2.61. The molecule has 1 amide bonds. The quantitative estimate of drug-likeness (QED) is 0.882. The van der Waals surface area contributed by atoms with Crippen LogP contribution >= 0.6 is 0 Å². The molecule has 0 saturated carbocycles. The molecule has 2 N–H and O–H groups in total. The summed E-state index contributed by atoms with van der Waals surface area (Å²) >= 11 is 0. The van der Waals surface area contributed by atoms with Crippen LogP contribution in [0.1, 0.15) is 15.9 Å². The second-order valence-corrected chi connectivity index (χ2v) is 6.93. The maximum absolute atomic E-state index is 13.4. The number of fused-ring (bicyclic) bond motifs is 1. The summed E-state index contributed by atoms with van der Waals surface area (Å²) in [5, 5.41) is 2.70. The lowest BCUT2D eigenvalue weighted by molar-refractivity contribution is 0.0946. The third-order valence-electron chi connectivity index (χ3n) is 3.70. The van der Waals surface area contributed by atoms with Gasteiger partial charge in [0.1, 0.15) is 16.5 Å². The molecule has 2 aromatic rings. The van der Waals surface area contributed by atoms with Crippen LogP contribution in [0.2, 0.25) is 0 Å². The summed E-state index contributed by atoms with van der Waals surface area (Å²) in [6.07, 6.45) is 0.686. The number of carbonyl (C=O) groups is 1. The first-order chi connectivity index (χ1) is 11.4. The fraction of sp³-hybridized carbons (Fsp3) is 0.188. The minimum absolute atomic E-state index is 0.0274. The maximum Gasteiger partial charge on any atom is 0.265 e. The van der Waals surface area contributed by atoms with Gasteiger partial charge in [-0.25, -0.2) is 12.8 Å². The number of ether oxygens (including phenoxy) is 1. The Balaban J connectivity index is 1.97. The SMILES string of the molecule is COc1ccc(F)cc1S(=O)(=O)Nc1ccc2c(c1)C(=O)NCC2. The number of nitrogens with one attached hydrogen (secondary N) is 2. The van der Waals surface area contributed by atoms with Gasteiger partial charge in [0.25, 0.3) is 15.9 Å². The predicted octanol–water partition coefficient (Wildman–Crippen LogP) is 1.92. The van der Waals surface area contributed by atoms with Crippen molar-refractivity contribution in [2.45, 2.75) is 11.3 Å². The van der Waals surface area contributed by atoms with Gasteiger partial charge in [0.15, 0.2) is 0 Å². The normalized spacial score (nSPS) is 13.8. The van der Waals surface area contributed by atoms with E-state index in [0.29, 0.717) is 18.5 Å². The third kappa shape index (κ3) is 3.05. The Bertz CT molecular complexity index is 912. The summed E-state index contributed by atoms with van der Waals surface area (Å²) in [6, 6.07) is 7.97. The highest BCUT2D eigenvalue weighted by molar-refractivity contribution is 7.92. The number of benzene rings is 2. The zero-order valence-electron chi connectivity index (χ0n) is 12.8. The molecule has 2 aromatic carbocycles. The van der Waals surface area contributed by atoms with E-state index < -0.39 is 15.8 Å². The molecule has 0 spiro atoms. The van der Waals surface area contributed by atoms with Crippen LogP contribution in [-0.2, 0) is 16.4 Å². The molecule has 126 valence electrons. The third-order valence-corrected chi connectivity index (χ3v) is 5.10. The van der Waals surface area contributed by atoms with Crippen molar-refractivity contribution in [1.29, 1.82) is 0 Å². The summed E-state index contributed by atoms with van der Waals surface area (Å²) < 4.78 is 45.8. The monoisotopic (exact) mass is 350 g/mol. The van der Waals surface area contributed by atoms with E-state index in [0.717, 1.165) is 17.7 Å². The fourth-order valence-corrected chi connectivity index (χ4v) is 3.78. The molecule has 0 radical (unpaired) electrons. The van der Waals surface area contributed by atoms with Gasteiger partial charge in [-0.1, -0.05) is 6.07 Å². The van der Waals surface area contributed by atoms with Gasteiger partial charge in [-0.3, -0.25) is 9.52 Å². The average molecular weight is 350 g/mol. The lowest BCUT2D eigenvalue weighted by Gasteiger charge is -2.18. The number of anilines is 1. The molecule has 24 heavy (non-hydrogen) atoms. The Kier molecular flexibility index (Phi) is 4.15. The smallest absolute Gasteiger partial charge is 0.265 e. The summed E-state index contributed by atoms with van der Waals surface area (Å²) in [6.45, 7) is 0.553. The van der Waals surface area contributed by atoms with E-state index in [2.05, 4.69) is 10.0 Å². The van der Waals surface area contributed by atoms with Crippen LogP contribution in [0, 0.1) is 5.82 Å². The van der Waals surface area contributed by atoms with Crippen LogP contribution in [0.15, 0.2) is 41.3 Å². The molecule has 3 rings (SSSR count). The highest BCUT2D eigenvalue weighted by atomic mass is 32.2. The molecule has 1 aliphatic heterocycles. The van der Waals surface area contributed by atoms with Crippen molar-refractivity contribution in [1.82, 2.24) is 5.32 Å². The zero-order chi connectivity index (χ0) is 17.3. The van der Waals surface area contributed by atoms with E-state index in [1.165, 1.54) is 19.2 Å². The lowest BCUT2D eigenvalue weighted by atomic mass is 10.00. The van der Waals surface area contributed by atoms with Crippen LogP contribution < -0.4 is 14.8 Å². The van der Waals surface area contributed by atoms with Crippen LogP contribution in [-0.4, -0.2) is 28.0 Å². The number of hydrogen-bond acceptors (Lipinski definition) is 4. The van der Waals surface area contributed by atoms with Crippen LogP contribution in [0.5, 0.6) is 5.75 Å². The molecule has 1 aliphatic rings. The number of methoxy groups -OCH3 is 1. The largest absolute Gasteiger partial charge is 0.495 e. The van der Waals surface area contributed by atoms with E-state index >= 15 is 0 Å². The molecule has 0 unspecified atom stereocenters. The van der Waals surface area contributed by atoms with E-state index in [1.807, 2.05) is 0 Å². The highest BCUT2D eigenvalue weighted by Gasteiger charge is 2.22. The second-order valence-electron chi connectivity index (χ2n) is 5.28. The van der Waals surface area contributed by atoms with Crippen LogP contribution in [0.25, 0.3) is 0 Å². The number of sulfonamides is 1. The first kappa shape index (κ1) is 16.3. The van der Waals surface area contributed by atoms with Crippen molar-refractivity contribution in [3.63, 3.8) is 0 Å². The molecule has 0 saturated heterocycles. The lowest BCUT2D eigenvalue weighted by Crippen LogP contribution is -2.31. The highest BCUT2D eigenvalue weighted by Crippen LogP contribution is 2.27. The van der Waals surface area contributed by atoms with Crippen LogP contribution in [0.3, 0.4) is 0 Å². The average Bonchev–Trinajstić information content (AvgIpc) is 2.55. The first-order valence-electron chi connectivity index (χ1n) is 7.18. The maximum atomic E-state index is 13.4. The molecule has 8 heteroatoms. The Labute approximate surface area is 138 Å². The van der Waals surface area contributed by atoms with Gasteiger partial charge in [0.05, 0.1) is 7.11 Å². The predicted molar refractivity (Wildman–Crippen MR) is 86.2 cm³/mol. The van der Waals surface area contributed by atoms with E-state index in [4.69, 9.17) is 4.74 Å². The minimum atomic E-state index is -4.07. The summed E-state index contributed by atoms with van der Waals surface area (Å²) in [4.78, 5) is 11.5. The molecule has 1 heterocycles. The van der Waals surface area contributed by atoms with Crippen molar-refractivity contribution in [3.05, 3.63) is 53.3 Å². The van der Waals surface area contributed by atoms with E-state index in [9.17, 15) is 17.6 Å². The van der Waals surface area contributed by atoms with Gasteiger partial charge >= 0.3 is 0 Å². The van der Waals surface area contributed by atoms with Crippen molar-refractivity contribution < 1.29 is 22.3 Å². The Morgan fingerprint density at radius 2 is 2.00 bits per heavy atom. The van der Waals surface area contributed by atoms with Gasteiger partial charge in [0.2, 0.25) is 0 Å². The Morgan fingerprint density at radius 1 is 1.21 bits per heavy atom. The van der Waals surface area contributed by atoms with Gasteiger partial charge in [-0.15, -0.1) is 0 Å². The van der Waals surface area contributed by atoms with Gasteiger partial charge in [-0.05, 0) is 42.3 Å². The van der Waals surface area contributed by atoms with Gasteiger partial charge < -0.3 is 10.1 Å². The topological polar surface area (TPSA) is 84.5 Å². The number of halogens is 1. The van der Waals surface area contributed by atoms with Crippen LogP contribution in [0.4, 0.5) is 10.1 Å². The molecule has 0 aromatic heterocycles. The molecule has 0 fully saturated rings. The standard InChI is InChI=1S/C16H15FN2O4S/c1-23-14-5-3-11(17)8-15(14)24(21,22)19-12-4-2-10-6-7-18-16(20)13(10)9-12/h2-5,8-9,19H,6-7H2,1H3,(H,18,20). The molecule has 6 nitrogen and oxygen atoms in total. The Morgan fingerprint density at radius 3 is 2.75 bits per heavy atom. The van der Waals surface area contributed by atoms with Gasteiger partial charge in [0, 0.05) is 17.8 Å². The number of hydrogen-bond donors (Lipinski definition) is 2. The van der Waals surface area contributed by atoms with Crippen molar-refractivity contribution >= 4 is 21.6 Å². The molecular formula is C16H15FN2O4S. The van der Waals surface area contributed by atoms with Crippen molar-refractivity contribution in [3.8, 4) is 5.75 Å². The summed E-state index contributed by atoms with van der Waals surface area (Å²) in [5.74, 6) is -0.916. The molecular weight excluding hydrogens is 335 g/mol. The number of carbonyl (C=O) groups excluding carboxylic acids is 1. The molecule has 0 bridgehead atoms. The first-order valence-corrected chi connectivity index (χ1v) is 8.66. The molecule has 0 atom stereocenters. The number of amides is 1. The molecule has 0 aliphatic carbocycles. The zero-order valence-corrected chi connectivity index (χ0v) is 13.6.